The molecule has 4 aliphatic rings. The monoisotopic (exact) mass is 675 g/mol. The Morgan fingerprint density at radius 2 is 1.62 bits per heavy atom. The average molecular weight is 676 g/mol. The molecule has 3 fully saturated rings. The van der Waals surface area contributed by atoms with Gasteiger partial charge >= 0.3 is 0 Å². The number of carbonyl (C=O) groups is 3. The molecule has 1 spiro atoms. The van der Waals surface area contributed by atoms with E-state index in [2.05, 4.69) is 21.2 Å². The molecule has 1 aromatic heterocycles. The summed E-state index contributed by atoms with van der Waals surface area (Å²) in [5.41, 5.74) is 5.73. The van der Waals surface area contributed by atoms with Gasteiger partial charge in [0.05, 0.1) is 19.8 Å². The van der Waals surface area contributed by atoms with Crippen molar-refractivity contribution in [3.63, 3.8) is 0 Å². The highest BCUT2D eigenvalue weighted by atomic mass is 16.5. The maximum absolute atomic E-state index is 13.4. The molecule has 4 aliphatic heterocycles. The number of imide groups is 1. The number of fused-ring (bicyclic) bond motifs is 2. The number of hydrogen-bond donors (Lipinski definition) is 1. The fourth-order valence-corrected chi connectivity index (χ4v) is 8.33. The third-order valence-electron chi connectivity index (χ3n) is 11.3. The second kappa shape index (κ2) is 12.3. The molecule has 3 saturated heterocycles. The van der Waals surface area contributed by atoms with E-state index < -0.39 is 6.04 Å². The Hall–Kier alpha value is -5.16. The van der Waals surface area contributed by atoms with Gasteiger partial charge in [0.1, 0.15) is 17.5 Å². The molecule has 50 heavy (non-hydrogen) atoms. The molecule has 11 heteroatoms. The van der Waals surface area contributed by atoms with Gasteiger partial charge in [-0.05, 0) is 90.8 Å². The van der Waals surface area contributed by atoms with Crippen LogP contribution >= 0.6 is 0 Å². The maximum Gasteiger partial charge on any atom is 0.258 e. The number of aryl methyl sites for hydroxylation is 1. The number of amides is 3. The lowest BCUT2D eigenvalue weighted by Crippen LogP contribution is -2.60. The van der Waals surface area contributed by atoms with Crippen LogP contribution in [0.1, 0.15) is 47.2 Å². The molecule has 11 nitrogen and oxygen atoms in total. The van der Waals surface area contributed by atoms with Crippen LogP contribution in [-0.4, -0.2) is 78.5 Å². The van der Waals surface area contributed by atoms with Crippen LogP contribution in [0.25, 0.3) is 21.9 Å². The summed E-state index contributed by atoms with van der Waals surface area (Å²) in [7, 11) is 5.14. The first-order chi connectivity index (χ1) is 24.2. The van der Waals surface area contributed by atoms with Crippen molar-refractivity contribution >= 4 is 34.2 Å². The Balaban J connectivity index is 0.927. The molecule has 3 aromatic carbocycles. The molecular weight excluding hydrogens is 634 g/mol. The quantitative estimate of drug-likeness (QED) is 0.292. The topological polar surface area (TPSA) is 113 Å². The van der Waals surface area contributed by atoms with Gasteiger partial charge in [-0.2, -0.15) is 0 Å². The summed E-state index contributed by atoms with van der Waals surface area (Å²) in [4.78, 5) is 56.6. The number of piperidine rings is 2. The third kappa shape index (κ3) is 5.40. The zero-order valence-electron chi connectivity index (χ0n) is 28.7. The van der Waals surface area contributed by atoms with E-state index in [-0.39, 0.29) is 35.1 Å². The number of benzene rings is 3. The molecule has 5 heterocycles. The van der Waals surface area contributed by atoms with Gasteiger partial charge < -0.3 is 23.8 Å². The van der Waals surface area contributed by atoms with Crippen molar-refractivity contribution in [1.29, 1.82) is 0 Å². The molecule has 258 valence electrons. The van der Waals surface area contributed by atoms with Crippen LogP contribution in [-0.2, 0) is 29.7 Å². The van der Waals surface area contributed by atoms with Gasteiger partial charge in [-0.25, -0.2) is 0 Å². The predicted octanol–water partition coefficient (Wildman–Crippen LogP) is 4.09. The number of aromatic nitrogens is 1. The molecule has 8 rings (SSSR count). The smallest absolute Gasteiger partial charge is 0.258 e. The Labute approximate surface area is 290 Å². The molecule has 3 amide bonds. The number of likely N-dealkylation sites (tertiary alicyclic amines) is 1. The van der Waals surface area contributed by atoms with E-state index in [4.69, 9.17) is 9.47 Å². The summed E-state index contributed by atoms with van der Waals surface area (Å²) < 4.78 is 13.5. The summed E-state index contributed by atoms with van der Waals surface area (Å²) in [6.07, 6.45) is 4.56. The van der Waals surface area contributed by atoms with E-state index in [0.29, 0.717) is 30.5 Å². The molecule has 0 radical (unpaired) electrons. The van der Waals surface area contributed by atoms with Crippen LogP contribution in [0.2, 0.25) is 0 Å². The maximum atomic E-state index is 13.4. The van der Waals surface area contributed by atoms with Crippen LogP contribution in [0.5, 0.6) is 11.5 Å². The van der Waals surface area contributed by atoms with Crippen LogP contribution < -0.4 is 25.2 Å². The Kier molecular flexibility index (Phi) is 7.90. The van der Waals surface area contributed by atoms with Crippen LogP contribution in [0.3, 0.4) is 0 Å². The Morgan fingerprint density at radius 1 is 0.880 bits per heavy atom. The number of carbonyl (C=O) groups excluding carboxylic acids is 3. The molecule has 1 unspecified atom stereocenters. The van der Waals surface area contributed by atoms with Crippen molar-refractivity contribution in [1.82, 2.24) is 19.7 Å². The molecule has 0 aliphatic carbocycles. The molecule has 4 aromatic rings. The van der Waals surface area contributed by atoms with E-state index in [1.165, 1.54) is 0 Å². The largest absolute Gasteiger partial charge is 0.496 e. The lowest BCUT2D eigenvalue weighted by atomic mass is 9.71. The number of nitrogens with one attached hydrogen (secondary N) is 1. The van der Waals surface area contributed by atoms with Gasteiger partial charge in [-0.1, -0.05) is 18.2 Å². The predicted molar refractivity (Wildman–Crippen MR) is 189 cm³/mol. The summed E-state index contributed by atoms with van der Waals surface area (Å²) >= 11 is 0. The van der Waals surface area contributed by atoms with Crippen LogP contribution in [0.15, 0.2) is 65.6 Å². The number of hydrogen-bond acceptors (Lipinski definition) is 8. The molecule has 0 bridgehead atoms. The summed E-state index contributed by atoms with van der Waals surface area (Å²) in [6, 6.07) is 17.3. The number of pyridine rings is 1. The number of methoxy groups -OCH3 is 2. The van der Waals surface area contributed by atoms with Crippen LogP contribution in [0, 0.1) is 5.41 Å². The van der Waals surface area contributed by atoms with Gasteiger partial charge in [-0.3, -0.25) is 29.4 Å². The zero-order chi connectivity index (χ0) is 34.7. The summed E-state index contributed by atoms with van der Waals surface area (Å²) in [6.45, 7) is 4.90. The van der Waals surface area contributed by atoms with Gasteiger partial charge in [0, 0.05) is 67.9 Å². The minimum Gasteiger partial charge on any atom is -0.496 e. The first kappa shape index (κ1) is 32.1. The van der Waals surface area contributed by atoms with Gasteiger partial charge in [-0.15, -0.1) is 0 Å². The van der Waals surface area contributed by atoms with E-state index in [1.807, 2.05) is 48.5 Å². The highest BCUT2D eigenvalue weighted by Crippen LogP contribution is 2.45. The van der Waals surface area contributed by atoms with E-state index in [0.717, 1.165) is 83.8 Å². The Morgan fingerprint density at radius 3 is 2.32 bits per heavy atom. The van der Waals surface area contributed by atoms with Gasteiger partial charge in [0.25, 0.3) is 11.5 Å². The summed E-state index contributed by atoms with van der Waals surface area (Å²) in [5, 5.41) is 3.94. The standard InChI is InChI=1S/C39H41N5O6/c1-41-14-11-28-27(5-4-6-29(28)37(41)47)25-17-33(49-2)31(34(18-25)50-3)21-42-15-12-39(13-16-42)22-43(23-39)26-8-7-24-20-44(38(48)30(24)19-26)32-9-10-35(45)40-36(32)46/h4-8,11,14,17-19,32H,9-10,12-13,15-16,20-23H2,1-3H3,(H,40,45,46). The average Bonchev–Trinajstić information content (AvgIpc) is 3.44. The fraction of sp³-hybridized carbons (Fsp3) is 0.385. The second-order valence-corrected chi connectivity index (χ2v) is 14.2. The number of anilines is 1. The number of nitrogens with zero attached hydrogens (tertiary/aromatic N) is 4. The van der Waals surface area contributed by atoms with Crippen molar-refractivity contribution in [3.8, 4) is 22.6 Å². The van der Waals surface area contributed by atoms with Crippen LogP contribution in [0.4, 0.5) is 5.69 Å². The SMILES string of the molecule is COc1cc(-c2cccc3c(=O)n(C)ccc23)cc(OC)c1CN1CCC2(CC1)CN(c1ccc3c(c1)C(=O)N(C1CCC(=O)NC1=O)C3)C2. The Bertz CT molecular complexity index is 2080. The van der Waals surface area contributed by atoms with Crippen molar-refractivity contribution in [2.45, 2.75) is 44.8 Å². The zero-order valence-corrected chi connectivity index (χ0v) is 28.7. The normalized spacial score (nSPS) is 20.2. The highest BCUT2D eigenvalue weighted by Gasteiger charge is 2.46. The third-order valence-corrected chi connectivity index (χ3v) is 11.3. The lowest BCUT2D eigenvalue weighted by Gasteiger charge is -2.55. The highest BCUT2D eigenvalue weighted by molar-refractivity contribution is 6.05. The number of ether oxygens (including phenoxy) is 2. The van der Waals surface area contributed by atoms with Gasteiger partial charge in [0.2, 0.25) is 11.8 Å². The minimum atomic E-state index is -0.604. The first-order valence-electron chi connectivity index (χ1n) is 17.3. The van der Waals surface area contributed by atoms with E-state index in [9.17, 15) is 19.2 Å². The van der Waals surface area contributed by atoms with E-state index >= 15 is 0 Å². The fourth-order valence-electron chi connectivity index (χ4n) is 8.33. The first-order valence-corrected chi connectivity index (χ1v) is 17.3. The molecule has 1 N–H and O–H groups in total. The molecule has 1 atom stereocenters. The van der Waals surface area contributed by atoms with Gasteiger partial charge in [0.15, 0.2) is 0 Å². The van der Waals surface area contributed by atoms with Crippen molar-refractivity contribution in [3.05, 3.63) is 87.8 Å². The van der Waals surface area contributed by atoms with Crippen molar-refractivity contribution in [2.24, 2.45) is 12.5 Å². The summed E-state index contributed by atoms with van der Waals surface area (Å²) in [5.74, 6) is 0.719. The lowest BCUT2D eigenvalue weighted by molar-refractivity contribution is -0.136. The van der Waals surface area contributed by atoms with E-state index in [1.54, 1.807) is 36.9 Å². The van der Waals surface area contributed by atoms with Crippen molar-refractivity contribution < 1.29 is 23.9 Å². The molecular formula is C39H41N5O6. The minimum absolute atomic E-state index is 0.0295. The number of rotatable bonds is 7. The molecule has 0 saturated carbocycles. The van der Waals surface area contributed by atoms with Crippen molar-refractivity contribution in [2.75, 3.05) is 45.3 Å². The second-order valence-electron chi connectivity index (χ2n) is 14.2.